The highest BCUT2D eigenvalue weighted by Gasteiger charge is 2.29. The quantitative estimate of drug-likeness (QED) is 0.727. The van der Waals surface area contributed by atoms with E-state index < -0.39 is 6.09 Å². The van der Waals surface area contributed by atoms with E-state index in [0.717, 1.165) is 25.0 Å². The summed E-state index contributed by atoms with van der Waals surface area (Å²) in [5.74, 6) is 1.44. The number of hydrogen-bond acceptors (Lipinski definition) is 3. The summed E-state index contributed by atoms with van der Waals surface area (Å²) < 4.78 is 0.243. The molecule has 1 rings (SSSR count). The van der Waals surface area contributed by atoms with Crippen LogP contribution in [0.5, 0.6) is 0 Å². The number of nitrogens with two attached hydrogens (primary N) is 1. The van der Waals surface area contributed by atoms with Crippen molar-refractivity contribution < 1.29 is 9.90 Å². The molecule has 1 aliphatic rings. The van der Waals surface area contributed by atoms with Crippen LogP contribution in [0.3, 0.4) is 0 Å². The molecule has 3 atom stereocenters. The number of thioether (sulfide) groups is 1. The molecule has 5 heteroatoms. The molecule has 1 unspecified atom stereocenters. The molecule has 17 heavy (non-hydrogen) atoms. The van der Waals surface area contributed by atoms with Gasteiger partial charge < -0.3 is 16.2 Å². The van der Waals surface area contributed by atoms with E-state index in [-0.39, 0.29) is 16.8 Å². The molecular weight excluding hydrogens is 236 g/mol. The third-order valence-electron chi connectivity index (χ3n) is 3.10. The zero-order valence-electron chi connectivity index (χ0n) is 10.9. The first-order chi connectivity index (χ1) is 7.78. The molecule has 4 N–H and O–H groups in total. The molecule has 1 aliphatic carbocycles. The van der Waals surface area contributed by atoms with E-state index >= 15 is 0 Å². The molecule has 0 aromatic carbocycles. The lowest BCUT2D eigenvalue weighted by atomic mass is 9.83. The van der Waals surface area contributed by atoms with Crippen molar-refractivity contribution in [3.05, 3.63) is 0 Å². The van der Waals surface area contributed by atoms with Crippen molar-refractivity contribution in [3.63, 3.8) is 0 Å². The van der Waals surface area contributed by atoms with Crippen molar-refractivity contribution >= 4 is 17.9 Å². The predicted molar refractivity (Wildman–Crippen MR) is 72.5 cm³/mol. The number of nitrogens with one attached hydrogen (secondary N) is 1. The maximum Gasteiger partial charge on any atom is 0.404 e. The average molecular weight is 260 g/mol. The highest BCUT2D eigenvalue weighted by Crippen LogP contribution is 2.31. The van der Waals surface area contributed by atoms with Crippen LogP contribution in [0, 0.1) is 5.92 Å². The summed E-state index contributed by atoms with van der Waals surface area (Å²) >= 11 is 1.91. The van der Waals surface area contributed by atoms with Gasteiger partial charge >= 0.3 is 6.09 Å². The lowest BCUT2D eigenvalue weighted by Gasteiger charge is -2.35. The lowest BCUT2D eigenvalue weighted by molar-refractivity contribution is 0.180. The number of amides is 1. The van der Waals surface area contributed by atoms with Gasteiger partial charge in [-0.05, 0) is 30.9 Å². The van der Waals surface area contributed by atoms with Crippen LogP contribution in [0.4, 0.5) is 4.79 Å². The van der Waals surface area contributed by atoms with Gasteiger partial charge in [0.2, 0.25) is 0 Å². The van der Waals surface area contributed by atoms with Crippen LogP contribution >= 0.6 is 11.8 Å². The van der Waals surface area contributed by atoms with Crippen molar-refractivity contribution in [1.82, 2.24) is 5.32 Å². The minimum atomic E-state index is -0.923. The SMILES string of the molecule is CC(C)(C)SC[C@@H]1CC(NC(=O)O)CC[C@@H]1N. The molecule has 0 bridgehead atoms. The highest BCUT2D eigenvalue weighted by atomic mass is 32.2. The third kappa shape index (κ3) is 5.64. The number of carbonyl (C=O) groups is 1. The van der Waals surface area contributed by atoms with Crippen LogP contribution < -0.4 is 11.1 Å². The molecule has 0 radical (unpaired) electrons. The number of carboxylic acid groups (broad SMARTS) is 1. The largest absolute Gasteiger partial charge is 0.465 e. The van der Waals surface area contributed by atoms with E-state index in [4.69, 9.17) is 10.8 Å². The van der Waals surface area contributed by atoms with Gasteiger partial charge in [-0.2, -0.15) is 11.8 Å². The Bertz CT molecular complexity index is 266. The number of rotatable bonds is 3. The van der Waals surface area contributed by atoms with E-state index in [1.165, 1.54) is 0 Å². The summed E-state index contributed by atoms with van der Waals surface area (Å²) in [6, 6.07) is 0.301. The van der Waals surface area contributed by atoms with Gasteiger partial charge in [0.25, 0.3) is 0 Å². The first-order valence-corrected chi connectivity index (χ1v) is 7.15. The van der Waals surface area contributed by atoms with Gasteiger partial charge in [-0.25, -0.2) is 4.79 Å². The second kappa shape index (κ2) is 5.96. The molecule has 0 aromatic rings. The van der Waals surface area contributed by atoms with Crippen molar-refractivity contribution in [1.29, 1.82) is 0 Å². The minimum absolute atomic E-state index is 0.0814. The monoisotopic (exact) mass is 260 g/mol. The Balaban J connectivity index is 2.43. The fourth-order valence-electron chi connectivity index (χ4n) is 2.14. The van der Waals surface area contributed by atoms with Gasteiger partial charge in [0.1, 0.15) is 0 Å². The molecule has 0 heterocycles. The zero-order valence-corrected chi connectivity index (χ0v) is 11.7. The topological polar surface area (TPSA) is 75.3 Å². The summed E-state index contributed by atoms with van der Waals surface area (Å²) in [6.07, 6.45) is 1.73. The Hall–Kier alpha value is -0.420. The zero-order chi connectivity index (χ0) is 13.1. The fourth-order valence-corrected chi connectivity index (χ4v) is 3.24. The van der Waals surface area contributed by atoms with Crippen molar-refractivity contribution in [2.24, 2.45) is 11.7 Å². The van der Waals surface area contributed by atoms with E-state index in [9.17, 15) is 4.79 Å². The maximum atomic E-state index is 10.6. The summed E-state index contributed by atoms with van der Waals surface area (Å²) in [4.78, 5) is 10.6. The lowest BCUT2D eigenvalue weighted by Crippen LogP contribution is -2.46. The van der Waals surface area contributed by atoms with Crippen LogP contribution in [0.15, 0.2) is 0 Å². The third-order valence-corrected chi connectivity index (χ3v) is 4.56. The Labute approximate surface area is 108 Å². The van der Waals surface area contributed by atoms with Crippen molar-refractivity contribution in [2.45, 2.75) is 56.9 Å². The fraction of sp³-hybridized carbons (Fsp3) is 0.917. The second-order valence-corrected chi connectivity index (χ2v) is 7.65. The Kier molecular flexibility index (Phi) is 5.13. The highest BCUT2D eigenvalue weighted by molar-refractivity contribution is 8.00. The van der Waals surface area contributed by atoms with E-state index in [1.54, 1.807) is 0 Å². The average Bonchev–Trinajstić information content (AvgIpc) is 2.17. The van der Waals surface area contributed by atoms with Gasteiger partial charge in [-0.3, -0.25) is 0 Å². The van der Waals surface area contributed by atoms with E-state index in [0.29, 0.717) is 5.92 Å². The van der Waals surface area contributed by atoms with E-state index in [2.05, 4.69) is 26.1 Å². The Morgan fingerprint density at radius 2 is 2.12 bits per heavy atom. The molecule has 1 fully saturated rings. The smallest absolute Gasteiger partial charge is 0.404 e. The predicted octanol–water partition coefficient (Wildman–Crippen LogP) is 2.28. The molecular formula is C12H24N2O2S. The molecule has 1 saturated carbocycles. The molecule has 100 valence electrons. The maximum absolute atomic E-state index is 10.6. The molecule has 1 amide bonds. The standard InChI is InChI=1S/C12H24N2O2S/c1-12(2,3)17-7-8-6-9(14-11(15)16)4-5-10(8)13/h8-10,14H,4-7,13H2,1-3H3,(H,15,16)/t8-,9?,10-/m0/s1. The Morgan fingerprint density at radius 1 is 1.47 bits per heavy atom. The summed E-state index contributed by atoms with van der Waals surface area (Å²) in [6.45, 7) is 6.58. The van der Waals surface area contributed by atoms with Crippen LogP contribution in [0.25, 0.3) is 0 Å². The van der Waals surface area contributed by atoms with Gasteiger partial charge in [0.05, 0.1) is 0 Å². The van der Waals surface area contributed by atoms with Crippen LogP contribution in [0.2, 0.25) is 0 Å². The normalized spacial score (nSPS) is 30.0. The Morgan fingerprint density at radius 3 is 2.65 bits per heavy atom. The molecule has 0 spiro atoms. The van der Waals surface area contributed by atoms with Crippen LogP contribution in [-0.4, -0.2) is 33.8 Å². The molecule has 0 aliphatic heterocycles. The first-order valence-electron chi connectivity index (χ1n) is 6.17. The molecule has 0 aromatic heterocycles. The minimum Gasteiger partial charge on any atom is -0.465 e. The second-order valence-electron chi connectivity index (χ2n) is 5.81. The van der Waals surface area contributed by atoms with Crippen LogP contribution in [0.1, 0.15) is 40.0 Å². The summed E-state index contributed by atoms with van der Waals surface area (Å²) in [5.41, 5.74) is 6.11. The first kappa shape index (κ1) is 14.6. The summed E-state index contributed by atoms with van der Waals surface area (Å²) in [5, 5.41) is 11.3. The number of hydrogen-bond donors (Lipinski definition) is 3. The van der Waals surface area contributed by atoms with Gasteiger partial charge in [0.15, 0.2) is 0 Å². The van der Waals surface area contributed by atoms with Crippen molar-refractivity contribution in [3.8, 4) is 0 Å². The van der Waals surface area contributed by atoms with Gasteiger partial charge in [-0.15, -0.1) is 0 Å². The van der Waals surface area contributed by atoms with E-state index in [1.807, 2.05) is 11.8 Å². The van der Waals surface area contributed by atoms with Gasteiger partial charge in [-0.1, -0.05) is 20.8 Å². The molecule has 0 saturated heterocycles. The molecule has 4 nitrogen and oxygen atoms in total. The van der Waals surface area contributed by atoms with Crippen LogP contribution in [-0.2, 0) is 0 Å². The van der Waals surface area contributed by atoms with Gasteiger partial charge in [0, 0.05) is 16.8 Å². The van der Waals surface area contributed by atoms with Crippen molar-refractivity contribution in [2.75, 3.05) is 5.75 Å². The summed E-state index contributed by atoms with van der Waals surface area (Å²) in [7, 11) is 0.